The zero-order chi connectivity index (χ0) is 24.1. The highest BCUT2D eigenvalue weighted by atomic mass is 16.7. The lowest BCUT2D eigenvalue weighted by Crippen LogP contribution is -2.31. The number of anilines is 1. The third kappa shape index (κ3) is 3.88. The molecule has 6 rings (SSSR count). The minimum Gasteiger partial charge on any atom is -0.478 e. The van der Waals surface area contributed by atoms with Crippen molar-refractivity contribution in [2.24, 2.45) is 0 Å². The molecule has 0 aliphatic carbocycles. The molecule has 0 saturated carbocycles. The quantitative estimate of drug-likeness (QED) is 0.510. The Hall–Kier alpha value is -3.97. The molecular weight excluding hydrogens is 444 g/mol. The third-order valence-electron chi connectivity index (χ3n) is 6.54. The van der Waals surface area contributed by atoms with Gasteiger partial charge in [-0.2, -0.15) is 0 Å². The van der Waals surface area contributed by atoms with E-state index in [9.17, 15) is 4.79 Å². The Labute approximate surface area is 204 Å². The number of hydrogen-bond acceptors (Lipinski definition) is 7. The Morgan fingerprint density at radius 1 is 0.971 bits per heavy atom. The van der Waals surface area contributed by atoms with Crippen LogP contribution in [0.15, 0.2) is 54.3 Å². The van der Waals surface area contributed by atoms with Crippen molar-refractivity contribution < 1.29 is 23.7 Å². The van der Waals surface area contributed by atoms with Crippen LogP contribution in [0.5, 0.6) is 23.0 Å². The van der Waals surface area contributed by atoms with E-state index >= 15 is 0 Å². The smallest absolute Gasteiger partial charge is 0.232 e. The Balaban J connectivity index is 1.27. The molecule has 3 aromatic rings. The second-order valence-electron chi connectivity index (χ2n) is 9.25. The van der Waals surface area contributed by atoms with E-state index in [4.69, 9.17) is 18.9 Å². The maximum absolute atomic E-state index is 13.3. The number of Topliss-reactive ketones (excluding diaryl/α,β-unsaturated/α-hetero) is 1. The van der Waals surface area contributed by atoms with Crippen LogP contribution in [0.1, 0.15) is 32.6 Å². The van der Waals surface area contributed by atoms with Crippen LogP contribution >= 0.6 is 0 Å². The normalized spacial score (nSPS) is 17.1. The van der Waals surface area contributed by atoms with Gasteiger partial charge in [0.25, 0.3) is 0 Å². The monoisotopic (exact) mass is 470 g/mol. The van der Waals surface area contributed by atoms with Gasteiger partial charge in [-0.05, 0) is 60.0 Å². The summed E-state index contributed by atoms with van der Waals surface area (Å²) < 4.78 is 23.2. The van der Waals surface area contributed by atoms with E-state index in [0.29, 0.717) is 36.9 Å². The van der Waals surface area contributed by atoms with Crippen LogP contribution in [0.2, 0.25) is 0 Å². The Morgan fingerprint density at radius 3 is 2.57 bits per heavy atom. The largest absolute Gasteiger partial charge is 0.478 e. The molecule has 0 atom stereocenters. The van der Waals surface area contributed by atoms with Crippen molar-refractivity contribution in [2.45, 2.75) is 20.0 Å². The van der Waals surface area contributed by atoms with Crippen molar-refractivity contribution in [2.75, 3.05) is 32.5 Å². The number of benzene rings is 3. The van der Waals surface area contributed by atoms with Crippen molar-refractivity contribution in [3.05, 3.63) is 82.1 Å². The van der Waals surface area contributed by atoms with Gasteiger partial charge in [0.1, 0.15) is 18.2 Å². The number of ether oxygens (including phenoxy) is 4. The summed E-state index contributed by atoms with van der Waals surface area (Å²) in [5.41, 5.74) is 5.49. The lowest BCUT2D eigenvalue weighted by molar-refractivity contribution is 0.0871. The molecule has 3 aromatic carbocycles. The summed E-state index contributed by atoms with van der Waals surface area (Å²) in [7, 11) is 4.00. The topological polar surface area (TPSA) is 60.5 Å². The zero-order valence-corrected chi connectivity index (χ0v) is 20.0. The Bertz CT molecular complexity index is 1360. The average Bonchev–Trinajstić information content (AvgIpc) is 3.44. The van der Waals surface area contributed by atoms with Crippen molar-refractivity contribution in [1.29, 1.82) is 0 Å². The fourth-order valence-corrected chi connectivity index (χ4v) is 4.69. The first kappa shape index (κ1) is 21.6. The number of carbonyl (C=O) groups is 1. The molecule has 0 saturated heterocycles. The van der Waals surface area contributed by atoms with Gasteiger partial charge in [-0.25, -0.2) is 0 Å². The second kappa shape index (κ2) is 8.36. The van der Waals surface area contributed by atoms with E-state index in [1.807, 2.05) is 80.5 Å². The molecule has 7 heteroatoms. The maximum Gasteiger partial charge on any atom is 0.232 e. The van der Waals surface area contributed by atoms with Gasteiger partial charge in [0, 0.05) is 32.9 Å². The van der Waals surface area contributed by atoms with Crippen LogP contribution in [0, 0.1) is 6.92 Å². The van der Waals surface area contributed by atoms with E-state index in [2.05, 4.69) is 4.90 Å². The molecule has 0 unspecified atom stereocenters. The molecule has 3 aliphatic heterocycles. The van der Waals surface area contributed by atoms with Crippen LogP contribution in [0.4, 0.5) is 5.69 Å². The first-order valence-electron chi connectivity index (χ1n) is 11.6. The third-order valence-corrected chi connectivity index (χ3v) is 6.54. The molecule has 3 aliphatic rings. The summed E-state index contributed by atoms with van der Waals surface area (Å²) in [6.07, 6.45) is 1.81. The van der Waals surface area contributed by atoms with Crippen LogP contribution in [0.3, 0.4) is 0 Å². The number of rotatable bonds is 4. The van der Waals surface area contributed by atoms with Crippen molar-refractivity contribution in [1.82, 2.24) is 4.90 Å². The molecule has 35 heavy (non-hydrogen) atoms. The molecule has 0 N–H and O–H groups in total. The minimum atomic E-state index is -0.0927. The molecule has 0 aromatic heterocycles. The van der Waals surface area contributed by atoms with Crippen LogP contribution < -0.4 is 23.8 Å². The van der Waals surface area contributed by atoms with E-state index in [0.717, 1.165) is 45.2 Å². The molecule has 3 heterocycles. The summed E-state index contributed by atoms with van der Waals surface area (Å²) >= 11 is 0. The molecule has 0 spiro atoms. The van der Waals surface area contributed by atoms with Crippen molar-refractivity contribution in [3.8, 4) is 23.0 Å². The van der Waals surface area contributed by atoms with Gasteiger partial charge >= 0.3 is 0 Å². The highest BCUT2D eigenvalue weighted by molar-refractivity contribution is 6.15. The fourth-order valence-electron chi connectivity index (χ4n) is 4.69. The number of carbonyl (C=O) groups excluding carboxylic acids is 1. The summed E-state index contributed by atoms with van der Waals surface area (Å²) in [4.78, 5) is 17.5. The van der Waals surface area contributed by atoms with E-state index in [1.165, 1.54) is 0 Å². The zero-order valence-electron chi connectivity index (χ0n) is 20.0. The standard InChI is InChI=1S/C28H26N2O5/c1-17-10-23-21(14-30(15-32-23)13-19-6-9-22-24(12-19)34-16-33-22)28-26(17)27(31)25(35-28)11-18-4-7-20(8-5-18)29(2)3/h4-12H,13-16H2,1-3H3/b25-11-. The molecule has 0 amide bonds. The molecular formula is C28H26N2O5. The molecule has 0 bridgehead atoms. The Kier molecular flexibility index (Phi) is 5.15. The van der Waals surface area contributed by atoms with Crippen LogP contribution in [-0.2, 0) is 13.1 Å². The lowest BCUT2D eigenvalue weighted by Gasteiger charge is -2.30. The summed E-state index contributed by atoms with van der Waals surface area (Å²) in [6, 6.07) is 15.9. The van der Waals surface area contributed by atoms with Crippen molar-refractivity contribution in [3.63, 3.8) is 0 Å². The van der Waals surface area contributed by atoms with Gasteiger partial charge in [-0.3, -0.25) is 9.69 Å². The summed E-state index contributed by atoms with van der Waals surface area (Å²) in [5, 5.41) is 0. The number of hydrogen-bond donors (Lipinski definition) is 0. The van der Waals surface area contributed by atoms with Crippen LogP contribution in [0.25, 0.3) is 6.08 Å². The van der Waals surface area contributed by atoms with E-state index in [-0.39, 0.29) is 12.6 Å². The number of nitrogens with zero attached hydrogens (tertiary/aromatic N) is 2. The van der Waals surface area contributed by atoms with Gasteiger partial charge in [0.15, 0.2) is 17.3 Å². The molecule has 0 fully saturated rings. The minimum absolute atomic E-state index is 0.0927. The fraction of sp³-hybridized carbons (Fsp3) is 0.250. The number of ketones is 1. The molecule has 7 nitrogen and oxygen atoms in total. The van der Waals surface area contributed by atoms with E-state index in [1.54, 1.807) is 0 Å². The summed E-state index contributed by atoms with van der Waals surface area (Å²) in [6.45, 7) is 3.93. The van der Waals surface area contributed by atoms with Gasteiger partial charge in [-0.1, -0.05) is 18.2 Å². The predicted octanol–water partition coefficient (Wildman–Crippen LogP) is 4.76. The SMILES string of the molecule is Cc1cc2c(c3c1C(=O)/C(=C/c1ccc(N(C)C)cc1)O3)CN(Cc1ccc3c(c1)OCO3)CO2. The number of aryl methyl sites for hydroxylation is 1. The highest BCUT2D eigenvalue weighted by Crippen LogP contribution is 2.44. The lowest BCUT2D eigenvalue weighted by atomic mass is 9.98. The molecule has 178 valence electrons. The van der Waals surface area contributed by atoms with Gasteiger partial charge < -0.3 is 23.8 Å². The molecule has 0 radical (unpaired) electrons. The predicted molar refractivity (Wildman–Crippen MR) is 132 cm³/mol. The maximum atomic E-state index is 13.3. The van der Waals surface area contributed by atoms with E-state index < -0.39 is 0 Å². The number of allylic oxidation sites excluding steroid dienone is 1. The second-order valence-corrected chi connectivity index (χ2v) is 9.25. The van der Waals surface area contributed by atoms with Crippen molar-refractivity contribution >= 4 is 17.5 Å². The van der Waals surface area contributed by atoms with Crippen LogP contribution in [-0.4, -0.2) is 38.3 Å². The summed E-state index contributed by atoms with van der Waals surface area (Å²) in [5.74, 6) is 3.15. The number of fused-ring (bicyclic) bond motifs is 4. The van der Waals surface area contributed by atoms with Gasteiger partial charge in [-0.15, -0.1) is 0 Å². The Morgan fingerprint density at radius 2 is 1.77 bits per heavy atom. The first-order valence-corrected chi connectivity index (χ1v) is 11.6. The first-order chi connectivity index (χ1) is 17.0. The average molecular weight is 471 g/mol. The van der Waals surface area contributed by atoms with Gasteiger partial charge in [0.2, 0.25) is 12.6 Å². The van der Waals surface area contributed by atoms with Gasteiger partial charge in [0.05, 0.1) is 11.1 Å². The highest BCUT2D eigenvalue weighted by Gasteiger charge is 2.35.